The Labute approximate surface area is 132 Å². The van der Waals surface area contributed by atoms with Crippen LogP contribution < -0.4 is 14.8 Å². The fraction of sp³-hybridized carbons (Fsp3) is 0.667. The van der Waals surface area contributed by atoms with Crippen molar-refractivity contribution in [2.45, 2.75) is 63.1 Å². The van der Waals surface area contributed by atoms with Crippen molar-refractivity contribution in [2.24, 2.45) is 0 Å². The third kappa shape index (κ3) is 3.08. The van der Waals surface area contributed by atoms with Crippen molar-refractivity contribution in [1.82, 2.24) is 5.32 Å². The van der Waals surface area contributed by atoms with Gasteiger partial charge in [-0.3, -0.25) is 0 Å². The predicted octanol–water partition coefficient (Wildman–Crippen LogP) is 2.45. The fourth-order valence-electron chi connectivity index (χ4n) is 3.93. The van der Waals surface area contributed by atoms with E-state index in [1.807, 2.05) is 12.1 Å². The number of ether oxygens (including phenoxy) is 2. The van der Waals surface area contributed by atoms with Crippen LogP contribution in [0, 0.1) is 0 Å². The standard InChI is InChI=1S/C18H27NO3/c1-21-17-8-9-18(22-2)14-11-16(20)15(10-13(14)17)19-12-6-4-3-5-7-12/h8-9,12,15-16,19-20H,3-7,10-11H2,1-2H3/t15-,16-/m1/s1. The number of methoxy groups -OCH3 is 2. The van der Waals surface area contributed by atoms with Crippen molar-refractivity contribution < 1.29 is 14.6 Å². The number of aliphatic hydroxyl groups is 1. The number of aliphatic hydroxyl groups excluding tert-OH is 1. The number of hydrogen-bond acceptors (Lipinski definition) is 4. The van der Waals surface area contributed by atoms with Crippen molar-refractivity contribution in [3.8, 4) is 11.5 Å². The Morgan fingerprint density at radius 3 is 2.14 bits per heavy atom. The van der Waals surface area contributed by atoms with Crippen LogP contribution in [0.4, 0.5) is 0 Å². The van der Waals surface area contributed by atoms with Crippen LogP contribution in [0.1, 0.15) is 43.2 Å². The molecule has 22 heavy (non-hydrogen) atoms. The highest BCUT2D eigenvalue weighted by molar-refractivity contribution is 5.51. The lowest BCUT2D eigenvalue weighted by Gasteiger charge is -2.36. The molecule has 0 aliphatic heterocycles. The first kappa shape index (κ1) is 15.6. The summed E-state index contributed by atoms with van der Waals surface area (Å²) in [6.45, 7) is 0. The van der Waals surface area contributed by atoms with E-state index in [-0.39, 0.29) is 12.1 Å². The average molecular weight is 305 g/mol. The number of fused-ring (bicyclic) bond motifs is 1. The summed E-state index contributed by atoms with van der Waals surface area (Å²) < 4.78 is 11.0. The van der Waals surface area contributed by atoms with Crippen molar-refractivity contribution in [2.75, 3.05) is 14.2 Å². The monoisotopic (exact) mass is 305 g/mol. The van der Waals surface area contributed by atoms with Crippen molar-refractivity contribution in [1.29, 1.82) is 0 Å². The first-order valence-corrected chi connectivity index (χ1v) is 8.39. The first-order valence-electron chi connectivity index (χ1n) is 8.39. The molecule has 2 aliphatic carbocycles. The molecule has 1 saturated carbocycles. The summed E-state index contributed by atoms with van der Waals surface area (Å²) in [6.07, 6.45) is 7.46. The maximum atomic E-state index is 10.6. The topological polar surface area (TPSA) is 50.7 Å². The third-order valence-electron chi connectivity index (χ3n) is 5.14. The molecule has 4 heteroatoms. The van der Waals surface area contributed by atoms with Gasteiger partial charge in [-0.2, -0.15) is 0 Å². The summed E-state index contributed by atoms with van der Waals surface area (Å²) >= 11 is 0. The molecule has 0 amide bonds. The average Bonchev–Trinajstić information content (AvgIpc) is 2.55. The van der Waals surface area contributed by atoms with Gasteiger partial charge >= 0.3 is 0 Å². The van der Waals surface area contributed by atoms with Gasteiger partial charge in [-0.1, -0.05) is 19.3 Å². The lowest BCUT2D eigenvalue weighted by Crippen LogP contribution is -2.50. The Hall–Kier alpha value is -1.26. The van der Waals surface area contributed by atoms with E-state index >= 15 is 0 Å². The van der Waals surface area contributed by atoms with Gasteiger partial charge in [0.1, 0.15) is 11.5 Å². The van der Waals surface area contributed by atoms with Gasteiger partial charge in [0.05, 0.1) is 20.3 Å². The highest BCUT2D eigenvalue weighted by atomic mass is 16.5. The number of nitrogens with one attached hydrogen (secondary N) is 1. The van der Waals surface area contributed by atoms with Crippen LogP contribution in [-0.4, -0.2) is 37.5 Å². The molecule has 0 radical (unpaired) electrons. The summed E-state index contributed by atoms with van der Waals surface area (Å²) in [5, 5.41) is 14.3. The SMILES string of the molecule is COc1ccc(OC)c2c1C[C@@H](O)[C@H](NC1CCCCC1)C2. The second kappa shape index (κ2) is 6.88. The maximum Gasteiger partial charge on any atom is 0.122 e. The normalized spacial score (nSPS) is 25.6. The lowest BCUT2D eigenvalue weighted by atomic mass is 9.83. The highest BCUT2D eigenvalue weighted by Gasteiger charge is 2.32. The van der Waals surface area contributed by atoms with Crippen molar-refractivity contribution in [3.63, 3.8) is 0 Å². The largest absolute Gasteiger partial charge is 0.496 e. The molecule has 1 fully saturated rings. The molecule has 4 nitrogen and oxygen atoms in total. The Morgan fingerprint density at radius 1 is 0.955 bits per heavy atom. The van der Waals surface area contributed by atoms with Crippen molar-refractivity contribution >= 4 is 0 Å². The molecule has 3 rings (SSSR count). The second-order valence-corrected chi connectivity index (χ2v) is 6.51. The highest BCUT2D eigenvalue weighted by Crippen LogP contribution is 2.36. The van der Waals surface area contributed by atoms with Gasteiger partial charge in [0, 0.05) is 29.6 Å². The van der Waals surface area contributed by atoms with Crippen LogP contribution in [0.25, 0.3) is 0 Å². The van der Waals surface area contributed by atoms with Gasteiger partial charge < -0.3 is 19.9 Å². The van der Waals surface area contributed by atoms with Crippen LogP contribution in [0.2, 0.25) is 0 Å². The molecule has 0 bridgehead atoms. The zero-order valence-electron chi connectivity index (χ0n) is 13.6. The van der Waals surface area contributed by atoms with E-state index < -0.39 is 0 Å². The van der Waals surface area contributed by atoms with Crippen LogP contribution in [0.5, 0.6) is 11.5 Å². The maximum absolute atomic E-state index is 10.6. The summed E-state index contributed by atoms with van der Waals surface area (Å²) in [6, 6.07) is 4.55. The van der Waals surface area contributed by atoms with E-state index in [0.717, 1.165) is 23.5 Å². The van der Waals surface area contributed by atoms with E-state index in [2.05, 4.69) is 5.32 Å². The minimum atomic E-state index is -0.365. The van der Waals surface area contributed by atoms with E-state index in [9.17, 15) is 5.11 Å². The summed E-state index contributed by atoms with van der Waals surface area (Å²) in [5.41, 5.74) is 2.27. The molecular weight excluding hydrogens is 278 g/mol. The third-order valence-corrected chi connectivity index (χ3v) is 5.14. The summed E-state index contributed by atoms with van der Waals surface area (Å²) in [7, 11) is 3.39. The molecule has 0 saturated heterocycles. The van der Waals surface area contributed by atoms with Gasteiger partial charge in [0.2, 0.25) is 0 Å². The van der Waals surface area contributed by atoms with Gasteiger partial charge in [-0.25, -0.2) is 0 Å². The molecule has 1 aromatic carbocycles. The number of rotatable bonds is 4. The lowest BCUT2D eigenvalue weighted by molar-refractivity contribution is 0.107. The first-order chi connectivity index (χ1) is 10.7. The fourth-order valence-corrected chi connectivity index (χ4v) is 3.93. The number of benzene rings is 1. The molecule has 2 aliphatic rings. The molecule has 0 unspecified atom stereocenters. The van der Waals surface area contributed by atoms with Crippen LogP contribution >= 0.6 is 0 Å². The smallest absolute Gasteiger partial charge is 0.122 e. The van der Waals surface area contributed by atoms with Crippen molar-refractivity contribution in [3.05, 3.63) is 23.3 Å². The minimum absolute atomic E-state index is 0.108. The zero-order chi connectivity index (χ0) is 15.5. The van der Waals surface area contributed by atoms with Gasteiger partial charge in [0.15, 0.2) is 0 Å². The molecule has 0 spiro atoms. The molecule has 0 heterocycles. The molecule has 2 atom stereocenters. The van der Waals surface area contributed by atoms with Gasteiger partial charge in [0.25, 0.3) is 0 Å². The Morgan fingerprint density at radius 2 is 1.55 bits per heavy atom. The Bertz CT molecular complexity index is 511. The minimum Gasteiger partial charge on any atom is -0.496 e. The second-order valence-electron chi connectivity index (χ2n) is 6.51. The quantitative estimate of drug-likeness (QED) is 0.897. The van der Waals surface area contributed by atoms with E-state index in [1.54, 1.807) is 14.2 Å². The van der Waals surface area contributed by atoms with Crippen LogP contribution in [0.15, 0.2) is 12.1 Å². The molecule has 1 aromatic rings. The molecule has 2 N–H and O–H groups in total. The van der Waals surface area contributed by atoms with Gasteiger partial charge in [-0.15, -0.1) is 0 Å². The van der Waals surface area contributed by atoms with Crippen LogP contribution in [-0.2, 0) is 12.8 Å². The molecular formula is C18H27NO3. The predicted molar refractivity (Wildman–Crippen MR) is 86.8 cm³/mol. The molecule has 0 aromatic heterocycles. The van der Waals surface area contributed by atoms with E-state index in [0.29, 0.717) is 12.5 Å². The molecule has 122 valence electrons. The Kier molecular flexibility index (Phi) is 4.89. The Balaban J connectivity index is 1.80. The summed E-state index contributed by atoms with van der Waals surface area (Å²) in [5.74, 6) is 1.75. The van der Waals surface area contributed by atoms with E-state index in [1.165, 1.54) is 37.7 Å². The summed E-state index contributed by atoms with van der Waals surface area (Å²) in [4.78, 5) is 0. The van der Waals surface area contributed by atoms with Gasteiger partial charge in [-0.05, 0) is 31.4 Å². The zero-order valence-corrected chi connectivity index (χ0v) is 13.6. The van der Waals surface area contributed by atoms with E-state index in [4.69, 9.17) is 9.47 Å². The number of hydrogen-bond donors (Lipinski definition) is 2. The van der Waals surface area contributed by atoms with Crippen LogP contribution in [0.3, 0.4) is 0 Å².